The number of carbonyl (C=O) groups is 1. The first-order chi connectivity index (χ1) is 7.11. The van der Waals surface area contributed by atoms with Crippen LogP contribution in [-0.4, -0.2) is 12.6 Å². The summed E-state index contributed by atoms with van der Waals surface area (Å²) in [6.07, 6.45) is 6.16. The van der Waals surface area contributed by atoms with Gasteiger partial charge in [0.2, 0.25) is 0 Å². The van der Waals surface area contributed by atoms with Crippen LogP contribution in [0.4, 0.5) is 0 Å². The molecule has 0 aromatic carbocycles. The highest BCUT2D eigenvalue weighted by Gasteiger charge is 2.06. The van der Waals surface area contributed by atoms with E-state index >= 15 is 0 Å². The molecule has 0 N–H and O–H groups in total. The zero-order valence-electron chi connectivity index (χ0n) is 9.92. The van der Waals surface area contributed by atoms with Gasteiger partial charge in [-0.15, -0.1) is 6.58 Å². The zero-order chi connectivity index (χ0) is 11.7. The van der Waals surface area contributed by atoms with Gasteiger partial charge in [0.05, 0.1) is 6.61 Å². The fraction of sp³-hybridized carbons (Fsp3) is 0.615. The molecule has 0 aromatic rings. The van der Waals surface area contributed by atoms with Crippen molar-refractivity contribution in [3.05, 3.63) is 24.8 Å². The van der Waals surface area contributed by atoms with Crippen molar-refractivity contribution in [2.75, 3.05) is 6.61 Å². The summed E-state index contributed by atoms with van der Waals surface area (Å²) in [4.78, 5) is 11.0. The maximum atomic E-state index is 11.0. The molecule has 2 nitrogen and oxygen atoms in total. The number of esters is 1. The largest absolute Gasteiger partial charge is 0.462 e. The van der Waals surface area contributed by atoms with E-state index < -0.39 is 0 Å². The van der Waals surface area contributed by atoms with E-state index in [1.165, 1.54) is 0 Å². The lowest BCUT2D eigenvalue weighted by Gasteiger charge is -2.12. The van der Waals surface area contributed by atoms with Gasteiger partial charge in [0, 0.05) is 5.57 Å². The van der Waals surface area contributed by atoms with Crippen molar-refractivity contribution < 1.29 is 9.53 Å². The highest BCUT2D eigenvalue weighted by molar-refractivity contribution is 5.86. The minimum atomic E-state index is -0.285. The third-order valence-electron chi connectivity index (χ3n) is 2.42. The van der Waals surface area contributed by atoms with Crippen LogP contribution in [0.3, 0.4) is 0 Å². The van der Waals surface area contributed by atoms with E-state index in [4.69, 9.17) is 4.74 Å². The van der Waals surface area contributed by atoms with Crippen molar-refractivity contribution in [3.63, 3.8) is 0 Å². The molecular weight excluding hydrogens is 188 g/mol. The van der Waals surface area contributed by atoms with Crippen molar-refractivity contribution in [2.24, 2.45) is 5.92 Å². The molecule has 0 heterocycles. The van der Waals surface area contributed by atoms with Crippen LogP contribution in [0.2, 0.25) is 0 Å². The van der Waals surface area contributed by atoms with Crippen molar-refractivity contribution >= 4 is 5.97 Å². The molecule has 0 amide bonds. The van der Waals surface area contributed by atoms with Gasteiger partial charge in [-0.1, -0.05) is 26.0 Å². The quantitative estimate of drug-likeness (QED) is 0.265. The van der Waals surface area contributed by atoms with Crippen LogP contribution in [0.1, 0.15) is 39.5 Å². The number of hydrogen-bond acceptors (Lipinski definition) is 2. The van der Waals surface area contributed by atoms with Crippen LogP contribution < -0.4 is 0 Å². The molecule has 1 atom stereocenters. The smallest absolute Gasteiger partial charge is 0.333 e. The van der Waals surface area contributed by atoms with Crippen molar-refractivity contribution in [2.45, 2.75) is 39.5 Å². The summed E-state index contributed by atoms with van der Waals surface area (Å²) in [7, 11) is 0. The standard InChI is InChI=1S/C13H22O2/c1-5-8-12(6-2)9-7-10-15-13(14)11(3)4/h5,12H,1,3,6-10H2,2,4H3. The van der Waals surface area contributed by atoms with E-state index in [1.807, 2.05) is 6.08 Å². The lowest BCUT2D eigenvalue weighted by Crippen LogP contribution is -2.07. The summed E-state index contributed by atoms with van der Waals surface area (Å²) in [5.41, 5.74) is 0.466. The number of rotatable bonds is 8. The molecule has 0 aromatic heterocycles. The van der Waals surface area contributed by atoms with Crippen LogP contribution in [0.15, 0.2) is 24.8 Å². The zero-order valence-corrected chi connectivity index (χ0v) is 9.92. The molecule has 1 unspecified atom stereocenters. The number of allylic oxidation sites excluding steroid dienone is 1. The lowest BCUT2D eigenvalue weighted by atomic mass is 9.97. The maximum absolute atomic E-state index is 11.0. The van der Waals surface area contributed by atoms with Crippen LogP contribution in [0.25, 0.3) is 0 Å². The minimum absolute atomic E-state index is 0.285. The van der Waals surface area contributed by atoms with Gasteiger partial charge in [0.1, 0.15) is 0 Å². The van der Waals surface area contributed by atoms with E-state index in [9.17, 15) is 4.79 Å². The van der Waals surface area contributed by atoms with E-state index in [1.54, 1.807) is 6.92 Å². The summed E-state index contributed by atoms with van der Waals surface area (Å²) in [6, 6.07) is 0. The topological polar surface area (TPSA) is 26.3 Å². The van der Waals surface area contributed by atoms with Gasteiger partial charge in [0.15, 0.2) is 0 Å². The Morgan fingerprint density at radius 3 is 2.67 bits per heavy atom. The Bertz CT molecular complexity index is 219. The molecule has 0 saturated carbocycles. The molecule has 0 rings (SSSR count). The van der Waals surface area contributed by atoms with Crippen LogP contribution in [0, 0.1) is 5.92 Å². The average molecular weight is 210 g/mol. The minimum Gasteiger partial charge on any atom is -0.462 e. The maximum Gasteiger partial charge on any atom is 0.333 e. The van der Waals surface area contributed by atoms with Gasteiger partial charge in [-0.2, -0.15) is 0 Å². The summed E-state index contributed by atoms with van der Waals surface area (Å²) < 4.78 is 5.01. The summed E-state index contributed by atoms with van der Waals surface area (Å²) in [6.45, 7) is 11.6. The first-order valence-corrected chi connectivity index (χ1v) is 5.55. The highest BCUT2D eigenvalue weighted by atomic mass is 16.5. The molecule has 0 spiro atoms. The molecule has 86 valence electrons. The Hall–Kier alpha value is -1.05. The summed E-state index contributed by atoms with van der Waals surface area (Å²) in [5.74, 6) is 0.387. The van der Waals surface area contributed by atoms with E-state index in [2.05, 4.69) is 20.1 Å². The third kappa shape index (κ3) is 6.95. The Kier molecular flexibility index (Phi) is 7.69. The Labute approximate surface area is 93.0 Å². The molecule has 0 aliphatic rings. The molecule has 0 bridgehead atoms. The second-order valence-electron chi connectivity index (χ2n) is 3.86. The predicted molar refractivity (Wildman–Crippen MR) is 63.6 cm³/mol. The first kappa shape index (κ1) is 13.9. The molecule has 0 aliphatic carbocycles. The van der Waals surface area contributed by atoms with Crippen molar-refractivity contribution in [1.82, 2.24) is 0 Å². The second kappa shape index (κ2) is 8.27. The Morgan fingerprint density at radius 2 is 2.20 bits per heavy atom. The second-order valence-corrected chi connectivity index (χ2v) is 3.86. The first-order valence-electron chi connectivity index (χ1n) is 5.55. The molecule has 0 fully saturated rings. The van der Waals surface area contributed by atoms with Gasteiger partial charge in [-0.3, -0.25) is 0 Å². The van der Waals surface area contributed by atoms with Gasteiger partial charge in [0.25, 0.3) is 0 Å². The number of carbonyl (C=O) groups excluding carboxylic acids is 1. The Morgan fingerprint density at radius 1 is 1.53 bits per heavy atom. The summed E-state index contributed by atoms with van der Waals surface area (Å²) in [5, 5.41) is 0. The normalized spacial score (nSPS) is 11.9. The van der Waals surface area contributed by atoms with E-state index in [0.29, 0.717) is 18.1 Å². The molecule has 0 aliphatic heterocycles. The van der Waals surface area contributed by atoms with Crippen LogP contribution in [-0.2, 0) is 9.53 Å². The lowest BCUT2D eigenvalue weighted by molar-refractivity contribution is -0.139. The SMILES string of the molecule is C=CCC(CC)CCCOC(=O)C(=C)C. The fourth-order valence-corrected chi connectivity index (χ4v) is 1.38. The van der Waals surface area contributed by atoms with Gasteiger partial charge < -0.3 is 4.74 Å². The number of ether oxygens (including phenoxy) is 1. The van der Waals surface area contributed by atoms with Gasteiger partial charge >= 0.3 is 5.97 Å². The number of hydrogen-bond donors (Lipinski definition) is 0. The van der Waals surface area contributed by atoms with Crippen LogP contribution in [0.5, 0.6) is 0 Å². The van der Waals surface area contributed by atoms with Crippen LogP contribution >= 0.6 is 0 Å². The molecule has 0 radical (unpaired) electrons. The van der Waals surface area contributed by atoms with E-state index in [0.717, 1.165) is 25.7 Å². The Balaban J connectivity index is 3.56. The van der Waals surface area contributed by atoms with E-state index in [-0.39, 0.29) is 5.97 Å². The predicted octanol–water partition coefficient (Wildman–Crippen LogP) is 3.49. The third-order valence-corrected chi connectivity index (χ3v) is 2.42. The van der Waals surface area contributed by atoms with Gasteiger partial charge in [-0.05, 0) is 32.1 Å². The molecular formula is C13H22O2. The molecule has 0 saturated heterocycles. The molecule has 2 heteroatoms. The fourth-order valence-electron chi connectivity index (χ4n) is 1.38. The average Bonchev–Trinajstić information content (AvgIpc) is 2.22. The summed E-state index contributed by atoms with van der Waals surface area (Å²) >= 11 is 0. The van der Waals surface area contributed by atoms with Crippen molar-refractivity contribution in [1.29, 1.82) is 0 Å². The highest BCUT2D eigenvalue weighted by Crippen LogP contribution is 2.15. The molecule has 15 heavy (non-hydrogen) atoms. The van der Waals surface area contributed by atoms with Crippen molar-refractivity contribution in [3.8, 4) is 0 Å². The monoisotopic (exact) mass is 210 g/mol. The van der Waals surface area contributed by atoms with Gasteiger partial charge in [-0.25, -0.2) is 4.79 Å².